The molecule has 1 aromatic heterocycles. The smallest absolute Gasteiger partial charge is 0.337 e. The quantitative estimate of drug-likeness (QED) is 0.359. The number of nitrogens with one attached hydrogen (secondary N) is 1. The molecule has 1 aliphatic heterocycles. The lowest BCUT2D eigenvalue weighted by Gasteiger charge is -2.38. The van der Waals surface area contributed by atoms with E-state index in [0.29, 0.717) is 38.7 Å². The van der Waals surface area contributed by atoms with Gasteiger partial charge in [-0.3, -0.25) is 9.78 Å². The molecule has 1 aromatic carbocycles. The topological polar surface area (TPSA) is 88.5 Å². The van der Waals surface area contributed by atoms with Crippen LogP contribution in [-0.4, -0.2) is 27.9 Å². The zero-order chi connectivity index (χ0) is 28.3. The van der Waals surface area contributed by atoms with Crippen LogP contribution < -0.4 is 5.32 Å². The molecule has 0 saturated heterocycles. The fourth-order valence-corrected chi connectivity index (χ4v) is 6.54. The maximum Gasteiger partial charge on any atom is 0.337 e. The van der Waals surface area contributed by atoms with Crippen molar-refractivity contribution in [3.63, 3.8) is 0 Å². The first-order chi connectivity index (χ1) is 18.7. The number of benzene rings is 1. The summed E-state index contributed by atoms with van der Waals surface area (Å²) in [5, 5.41) is 14.6. The van der Waals surface area contributed by atoms with Crippen LogP contribution in [0.2, 0.25) is 10.0 Å². The van der Waals surface area contributed by atoms with Crippen LogP contribution in [-0.2, 0) is 14.3 Å². The third kappa shape index (κ3) is 6.02. The number of ketones is 1. The van der Waals surface area contributed by atoms with Gasteiger partial charge in [0.1, 0.15) is 11.9 Å². The predicted molar refractivity (Wildman–Crippen MR) is 154 cm³/mol. The van der Waals surface area contributed by atoms with Crippen molar-refractivity contribution < 1.29 is 19.4 Å². The number of aromatic hydroxyl groups is 1. The Kier molecular flexibility index (Phi) is 9.39. The lowest BCUT2D eigenvalue weighted by Crippen LogP contribution is -2.38. The Morgan fingerprint density at radius 2 is 1.77 bits per heavy atom. The number of dihydropyridines is 1. The van der Waals surface area contributed by atoms with Crippen LogP contribution in [0.15, 0.2) is 59.2 Å². The lowest BCUT2D eigenvalue weighted by molar-refractivity contribution is -0.144. The van der Waals surface area contributed by atoms with Crippen molar-refractivity contribution >= 4 is 35.0 Å². The molecule has 0 spiro atoms. The first kappa shape index (κ1) is 29.2. The maximum atomic E-state index is 13.9. The summed E-state index contributed by atoms with van der Waals surface area (Å²) in [5.41, 5.74) is 3.84. The van der Waals surface area contributed by atoms with E-state index in [1.54, 1.807) is 18.2 Å². The molecule has 3 aliphatic rings. The van der Waals surface area contributed by atoms with Crippen LogP contribution in [0.25, 0.3) is 0 Å². The summed E-state index contributed by atoms with van der Waals surface area (Å²) in [6, 6.07) is 6.78. The van der Waals surface area contributed by atoms with E-state index in [1.165, 1.54) is 12.4 Å². The third-order valence-electron chi connectivity index (χ3n) is 7.54. The van der Waals surface area contributed by atoms with Crippen LogP contribution in [0, 0.1) is 5.92 Å². The van der Waals surface area contributed by atoms with Gasteiger partial charge >= 0.3 is 5.97 Å². The minimum Gasteiger partial charge on any atom is -0.508 e. The van der Waals surface area contributed by atoms with Gasteiger partial charge in [-0.05, 0) is 67.2 Å². The number of carbonyl (C=O) groups excluding carboxylic acids is 2. The van der Waals surface area contributed by atoms with Crippen LogP contribution >= 0.6 is 23.2 Å². The molecule has 6 nitrogen and oxygen atoms in total. The fourth-order valence-electron chi connectivity index (χ4n) is 5.87. The Labute approximate surface area is 240 Å². The van der Waals surface area contributed by atoms with E-state index in [1.807, 2.05) is 33.8 Å². The lowest BCUT2D eigenvalue weighted by atomic mass is 9.71. The zero-order valence-electron chi connectivity index (χ0n) is 22.9. The van der Waals surface area contributed by atoms with Crippen molar-refractivity contribution in [1.82, 2.24) is 10.3 Å². The minimum atomic E-state index is -0.647. The second-order valence-corrected chi connectivity index (χ2v) is 11.2. The third-order valence-corrected chi connectivity index (χ3v) is 8.14. The Morgan fingerprint density at radius 1 is 1.10 bits per heavy atom. The van der Waals surface area contributed by atoms with Gasteiger partial charge in [-0.2, -0.15) is 0 Å². The highest BCUT2D eigenvalue weighted by molar-refractivity contribution is 6.36. The zero-order valence-corrected chi connectivity index (χ0v) is 24.4. The van der Waals surface area contributed by atoms with Crippen LogP contribution in [0.3, 0.4) is 0 Å². The molecule has 2 aliphatic carbocycles. The van der Waals surface area contributed by atoms with E-state index >= 15 is 0 Å². The van der Waals surface area contributed by atoms with Crippen LogP contribution in [0.1, 0.15) is 89.2 Å². The highest BCUT2D eigenvalue weighted by atomic mass is 35.5. The molecule has 1 fully saturated rings. The average Bonchev–Trinajstić information content (AvgIpc) is 3.41. The molecule has 2 atom stereocenters. The first-order valence-corrected chi connectivity index (χ1v) is 14.6. The highest BCUT2D eigenvalue weighted by Crippen LogP contribution is 2.49. The minimum absolute atomic E-state index is 0.0384. The number of allylic oxidation sites excluding steroid dienone is 3. The van der Waals surface area contributed by atoms with E-state index in [9.17, 15) is 14.7 Å². The molecule has 5 rings (SSSR count). The van der Waals surface area contributed by atoms with E-state index in [2.05, 4.69) is 10.3 Å². The Hall–Kier alpha value is -2.83. The van der Waals surface area contributed by atoms with Gasteiger partial charge in [0.05, 0.1) is 15.6 Å². The summed E-state index contributed by atoms with van der Waals surface area (Å²) < 4.78 is 5.98. The number of nitrogens with zero attached hydrogens (tertiary/aromatic N) is 1. The molecule has 0 amide bonds. The Morgan fingerprint density at radius 3 is 2.38 bits per heavy atom. The monoisotopic (exact) mass is 570 g/mol. The van der Waals surface area contributed by atoms with Gasteiger partial charge in [0.25, 0.3) is 0 Å². The van der Waals surface area contributed by atoms with Crippen LogP contribution in [0.5, 0.6) is 5.75 Å². The fraction of sp³-hybridized carbons (Fsp3) is 0.452. The number of hydrogen-bond acceptors (Lipinski definition) is 6. The molecule has 0 radical (unpaired) electrons. The van der Waals surface area contributed by atoms with Crippen molar-refractivity contribution in [2.24, 2.45) is 5.92 Å². The largest absolute Gasteiger partial charge is 0.508 e. The maximum absolute atomic E-state index is 13.9. The summed E-state index contributed by atoms with van der Waals surface area (Å²) in [4.78, 5) is 31.6. The molecular formula is C31H36Cl2N2O4. The number of carbonyl (C=O) groups is 2. The number of rotatable bonds is 5. The number of ether oxygens (including phenoxy) is 1. The number of pyridine rings is 1. The highest BCUT2D eigenvalue weighted by Gasteiger charge is 2.43. The molecule has 1 saturated carbocycles. The summed E-state index contributed by atoms with van der Waals surface area (Å²) in [6.45, 7) is 8.02. The van der Waals surface area contributed by atoms with Gasteiger partial charge in [-0.1, -0.05) is 63.0 Å². The average molecular weight is 572 g/mol. The van der Waals surface area contributed by atoms with Crippen LogP contribution in [0.4, 0.5) is 0 Å². The van der Waals surface area contributed by atoms with Crippen molar-refractivity contribution in [3.8, 4) is 5.75 Å². The number of Topliss-reactive ketones (excluding diaryl/α,β-unsaturated/α-hetero) is 1. The first-order valence-electron chi connectivity index (χ1n) is 13.8. The Balaban J connectivity index is 0.00000172. The van der Waals surface area contributed by atoms with Crippen molar-refractivity contribution in [2.75, 3.05) is 0 Å². The van der Waals surface area contributed by atoms with E-state index in [0.717, 1.165) is 37.1 Å². The predicted octanol–water partition coefficient (Wildman–Crippen LogP) is 7.60. The number of halogens is 2. The normalized spacial score (nSPS) is 21.4. The molecule has 2 heterocycles. The molecule has 0 bridgehead atoms. The van der Waals surface area contributed by atoms with E-state index in [-0.39, 0.29) is 35.9 Å². The van der Waals surface area contributed by atoms with Crippen molar-refractivity contribution in [1.29, 1.82) is 0 Å². The summed E-state index contributed by atoms with van der Waals surface area (Å²) in [7, 11) is 0. The van der Waals surface area contributed by atoms with Gasteiger partial charge in [-0.15, -0.1) is 0 Å². The second kappa shape index (κ2) is 12.6. The molecule has 39 heavy (non-hydrogen) atoms. The SMILES string of the molecule is CC.CC(C)C1=C(C(=O)OC2CCCC2)C(c2cccc(O)c2)C2=C(CC(c3c(Cl)cncc3Cl)CC2=O)N1. The number of hydrogen-bond donors (Lipinski definition) is 2. The van der Waals surface area contributed by atoms with Crippen molar-refractivity contribution in [2.45, 2.75) is 84.2 Å². The second-order valence-electron chi connectivity index (χ2n) is 10.4. The Bertz CT molecular complexity index is 1290. The summed E-state index contributed by atoms with van der Waals surface area (Å²) in [5.74, 6) is -1.34. The summed E-state index contributed by atoms with van der Waals surface area (Å²) in [6.07, 6.45) is 7.44. The molecule has 8 heteroatoms. The molecule has 2 aromatic rings. The molecule has 2 N–H and O–H groups in total. The number of phenols is 1. The van der Waals surface area contributed by atoms with Gasteiger partial charge in [0, 0.05) is 41.7 Å². The molecule has 208 valence electrons. The number of esters is 1. The summed E-state index contributed by atoms with van der Waals surface area (Å²) >= 11 is 12.9. The van der Waals surface area contributed by atoms with Gasteiger partial charge in [-0.25, -0.2) is 4.79 Å². The van der Waals surface area contributed by atoms with Gasteiger partial charge in [0.2, 0.25) is 0 Å². The molecule has 2 unspecified atom stereocenters. The number of aromatic nitrogens is 1. The number of phenolic OH excluding ortho intramolecular Hbond substituents is 1. The van der Waals surface area contributed by atoms with E-state index < -0.39 is 11.9 Å². The van der Waals surface area contributed by atoms with E-state index in [4.69, 9.17) is 27.9 Å². The van der Waals surface area contributed by atoms with Crippen molar-refractivity contribution in [3.05, 3.63) is 80.4 Å². The van der Waals surface area contributed by atoms with Gasteiger partial charge < -0.3 is 15.2 Å². The van der Waals surface area contributed by atoms with Gasteiger partial charge in [0.15, 0.2) is 5.78 Å². The standard InChI is InChI=1S/C29H30Cl2N2O4.C2H6/c1-15(2)28-27(29(36)37-19-8-3-4-9-19)25(16-6-5-7-18(34)10-16)26-22(33-28)11-17(12-23(26)35)24-20(30)13-32-14-21(24)31;1-2/h5-7,10,13-15,17,19,25,33-34H,3-4,8-9,11-12H2,1-2H3;1-2H3. The molecular weight excluding hydrogens is 535 g/mol.